The number of methoxy groups -OCH3 is 2. The zero-order valence-corrected chi connectivity index (χ0v) is 17.7. The van der Waals surface area contributed by atoms with Gasteiger partial charge in [0.25, 0.3) is 5.91 Å². The molecule has 29 heavy (non-hydrogen) atoms. The van der Waals surface area contributed by atoms with Gasteiger partial charge in [-0.2, -0.15) is 0 Å². The van der Waals surface area contributed by atoms with Crippen LogP contribution in [0, 0.1) is 0 Å². The molecule has 2 aromatic carbocycles. The Labute approximate surface area is 171 Å². The van der Waals surface area contributed by atoms with E-state index in [1.165, 1.54) is 38.5 Å². The molecule has 0 bridgehead atoms. The van der Waals surface area contributed by atoms with E-state index in [-0.39, 0.29) is 23.5 Å². The second-order valence-corrected chi connectivity index (χ2v) is 7.97. The van der Waals surface area contributed by atoms with Gasteiger partial charge < -0.3 is 19.5 Å². The third-order valence-electron chi connectivity index (χ3n) is 3.92. The van der Waals surface area contributed by atoms with Gasteiger partial charge in [0.15, 0.2) is 11.5 Å². The summed E-state index contributed by atoms with van der Waals surface area (Å²) in [6.07, 6.45) is 0. The lowest BCUT2D eigenvalue weighted by Gasteiger charge is -2.14. The molecule has 2 aromatic rings. The Balaban J connectivity index is 2.11. The maximum absolute atomic E-state index is 12.5. The highest BCUT2D eigenvalue weighted by Gasteiger charge is 2.18. The molecule has 2 rings (SSSR count). The predicted molar refractivity (Wildman–Crippen MR) is 110 cm³/mol. The summed E-state index contributed by atoms with van der Waals surface area (Å²) in [4.78, 5) is 12.6. The van der Waals surface area contributed by atoms with Crippen LogP contribution in [-0.2, 0) is 14.8 Å². The standard InChI is InChI=1S/C20H26N2O6S/c1-5-28-18-11-8-16(12-19(18)27-4)21-20(23)15-6-9-17(10-7-15)29(24,25)22-14(2)13-26-3/h6-12,14,22H,5,13H2,1-4H3,(H,21,23)/t14-/m0/s1. The molecule has 1 amide bonds. The van der Waals surface area contributed by atoms with Crippen LogP contribution in [0.4, 0.5) is 5.69 Å². The highest BCUT2D eigenvalue weighted by molar-refractivity contribution is 7.89. The summed E-state index contributed by atoms with van der Waals surface area (Å²) in [7, 11) is -0.678. The van der Waals surface area contributed by atoms with Crippen molar-refractivity contribution in [2.24, 2.45) is 0 Å². The molecule has 0 radical (unpaired) electrons. The number of rotatable bonds is 10. The van der Waals surface area contributed by atoms with E-state index in [4.69, 9.17) is 14.2 Å². The van der Waals surface area contributed by atoms with Crippen LogP contribution in [-0.4, -0.2) is 47.8 Å². The number of hydrogen-bond donors (Lipinski definition) is 2. The predicted octanol–water partition coefficient (Wildman–Crippen LogP) is 2.66. The molecular formula is C20H26N2O6S. The first-order valence-corrected chi connectivity index (χ1v) is 10.5. The Morgan fingerprint density at radius 1 is 1.07 bits per heavy atom. The van der Waals surface area contributed by atoms with Gasteiger partial charge in [0.1, 0.15) is 0 Å². The van der Waals surface area contributed by atoms with Gasteiger partial charge in [-0.3, -0.25) is 4.79 Å². The molecule has 0 aliphatic rings. The minimum absolute atomic E-state index is 0.0692. The van der Waals surface area contributed by atoms with E-state index < -0.39 is 10.0 Å². The number of sulfonamides is 1. The molecule has 0 spiro atoms. The van der Waals surface area contributed by atoms with Crippen molar-refractivity contribution in [1.29, 1.82) is 0 Å². The molecule has 0 aliphatic carbocycles. The number of carbonyl (C=O) groups excluding carboxylic acids is 1. The summed E-state index contributed by atoms with van der Waals surface area (Å²) < 4.78 is 42.9. The van der Waals surface area contributed by atoms with Gasteiger partial charge in [-0.05, 0) is 50.2 Å². The van der Waals surface area contributed by atoms with Crippen LogP contribution in [0.25, 0.3) is 0 Å². The van der Waals surface area contributed by atoms with Crippen molar-refractivity contribution >= 4 is 21.6 Å². The van der Waals surface area contributed by atoms with E-state index in [2.05, 4.69) is 10.0 Å². The third kappa shape index (κ3) is 6.18. The second-order valence-electron chi connectivity index (χ2n) is 6.25. The summed E-state index contributed by atoms with van der Waals surface area (Å²) in [5.41, 5.74) is 0.851. The normalized spacial score (nSPS) is 12.3. The molecule has 2 N–H and O–H groups in total. The Morgan fingerprint density at radius 3 is 2.34 bits per heavy atom. The molecule has 0 saturated heterocycles. The summed E-state index contributed by atoms with van der Waals surface area (Å²) in [5, 5.41) is 2.75. The van der Waals surface area contributed by atoms with Gasteiger partial charge in [0.2, 0.25) is 10.0 Å². The van der Waals surface area contributed by atoms with E-state index in [9.17, 15) is 13.2 Å². The van der Waals surface area contributed by atoms with Gasteiger partial charge in [0.05, 0.1) is 25.2 Å². The van der Waals surface area contributed by atoms with Gasteiger partial charge >= 0.3 is 0 Å². The topological polar surface area (TPSA) is 103 Å². The Hall–Kier alpha value is -2.62. The lowest BCUT2D eigenvalue weighted by Crippen LogP contribution is -2.35. The number of ether oxygens (including phenoxy) is 3. The fourth-order valence-corrected chi connectivity index (χ4v) is 3.85. The van der Waals surface area contributed by atoms with Crippen LogP contribution >= 0.6 is 0 Å². The summed E-state index contributed by atoms with van der Waals surface area (Å²) in [6.45, 7) is 4.32. The fraction of sp³-hybridized carbons (Fsp3) is 0.350. The highest BCUT2D eigenvalue weighted by Crippen LogP contribution is 2.30. The van der Waals surface area contributed by atoms with Gasteiger partial charge in [0, 0.05) is 30.5 Å². The van der Waals surface area contributed by atoms with Crippen LogP contribution in [0.3, 0.4) is 0 Å². The smallest absolute Gasteiger partial charge is 0.255 e. The van der Waals surface area contributed by atoms with E-state index in [0.29, 0.717) is 29.4 Å². The van der Waals surface area contributed by atoms with Crippen LogP contribution in [0.15, 0.2) is 47.4 Å². The third-order valence-corrected chi connectivity index (χ3v) is 5.53. The molecule has 0 unspecified atom stereocenters. The van der Waals surface area contributed by atoms with Crippen LogP contribution < -0.4 is 19.5 Å². The molecule has 0 aromatic heterocycles. The van der Waals surface area contributed by atoms with Crippen LogP contribution in [0.1, 0.15) is 24.2 Å². The van der Waals surface area contributed by atoms with E-state index in [1.807, 2.05) is 6.92 Å². The average Bonchev–Trinajstić information content (AvgIpc) is 2.69. The Kier molecular flexibility index (Phi) is 8.00. The van der Waals surface area contributed by atoms with E-state index in [1.54, 1.807) is 25.1 Å². The number of nitrogens with one attached hydrogen (secondary N) is 2. The number of amides is 1. The van der Waals surface area contributed by atoms with Crippen molar-refractivity contribution in [2.45, 2.75) is 24.8 Å². The van der Waals surface area contributed by atoms with Gasteiger partial charge in [-0.15, -0.1) is 0 Å². The maximum Gasteiger partial charge on any atom is 0.255 e. The summed E-state index contributed by atoms with van der Waals surface area (Å²) >= 11 is 0. The molecule has 0 fully saturated rings. The van der Waals surface area contributed by atoms with Crippen molar-refractivity contribution in [3.8, 4) is 11.5 Å². The molecule has 158 valence electrons. The SMILES string of the molecule is CCOc1ccc(NC(=O)c2ccc(S(=O)(=O)N[C@@H](C)COC)cc2)cc1OC. The molecule has 0 aliphatic heterocycles. The molecule has 0 saturated carbocycles. The zero-order chi connectivity index (χ0) is 21.4. The highest BCUT2D eigenvalue weighted by atomic mass is 32.2. The second kappa shape index (κ2) is 10.2. The van der Waals surface area contributed by atoms with Crippen molar-refractivity contribution in [2.75, 3.05) is 32.8 Å². The van der Waals surface area contributed by atoms with Crippen LogP contribution in [0.2, 0.25) is 0 Å². The first kappa shape index (κ1) is 22.7. The first-order chi connectivity index (χ1) is 13.8. The van der Waals surface area contributed by atoms with Gasteiger partial charge in [-0.25, -0.2) is 13.1 Å². The molecule has 9 heteroatoms. The molecule has 1 atom stereocenters. The number of hydrogen-bond acceptors (Lipinski definition) is 6. The molecule has 8 nitrogen and oxygen atoms in total. The van der Waals surface area contributed by atoms with Crippen molar-refractivity contribution in [1.82, 2.24) is 4.72 Å². The van der Waals surface area contributed by atoms with E-state index >= 15 is 0 Å². The number of carbonyl (C=O) groups is 1. The Bertz CT molecular complexity index is 928. The summed E-state index contributed by atoms with van der Waals surface area (Å²) in [6, 6.07) is 10.4. The van der Waals surface area contributed by atoms with E-state index in [0.717, 1.165) is 0 Å². The number of anilines is 1. The monoisotopic (exact) mass is 422 g/mol. The minimum Gasteiger partial charge on any atom is -0.493 e. The average molecular weight is 423 g/mol. The van der Waals surface area contributed by atoms with Crippen molar-refractivity contribution in [3.63, 3.8) is 0 Å². The number of benzene rings is 2. The van der Waals surface area contributed by atoms with Crippen LogP contribution in [0.5, 0.6) is 11.5 Å². The maximum atomic E-state index is 12.5. The van der Waals surface area contributed by atoms with Crippen molar-refractivity contribution < 1.29 is 27.4 Å². The largest absolute Gasteiger partial charge is 0.493 e. The molecule has 0 heterocycles. The molecular weight excluding hydrogens is 396 g/mol. The zero-order valence-electron chi connectivity index (χ0n) is 16.9. The lowest BCUT2D eigenvalue weighted by atomic mass is 10.2. The Morgan fingerprint density at radius 2 is 1.76 bits per heavy atom. The lowest BCUT2D eigenvalue weighted by molar-refractivity contribution is 0.102. The van der Waals surface area contributed by atoms with Gasteiger partial charge in [-0.1, -0.05) is 0 Å². The fourth-order valence-electron chi connectivity index (χ4n) is 2.63. The minimum atomic E-state index is -3.69. The summed E-state index contributed by atoms with van der Waals surface area (Å²) in [5.74, 6) is 0.709. The van der Waals surface area contributed by atoms with Crippen molar-refractivity contribution in [3.05, 3.63) is 48.0 Å². The quantitative estimate of drug-likeness (QED) is 0.610. The first-order valence-electron chi connectivity index (χ1n) is 9.04.